The zero-order valence-corrected chi connectivity index (χ0v) is 10.5. The number of hydrogen-bond donors (Lipinski definition) is 1. The topological polar surface area (TPSA) is 78.5 Å². The van der Waals surface area contributed by atoms with Gasteiger partial charge in [0.15, 0.2) is 0 Å². The Balaban J connectivity index is 2.03. The first-order valence-corrected chi connectivity index (χ1v) is 6.78. The molecule has 0 aliphatic carbocycles. The van der Waals surface area contributed by atoms with E-state index in [0.29, 0.717) is 32.1 Å². The molecule has 1 N–H and O–H groups in total. The molecule has 96 valence electrons. The standard InChI is InChI=1S/C9H16N4O3S/c1-12(8-9-10-2-3-11-9)17(14,15)13-4-6-16-7-5-13/h2-3H,4-8H2,1H3,(H,10,11). The third-order valence-corrected chi connectivity index (χ3v) is 4.55. The number of H-pyrrole nitrogens is 1. The zero-order valence-electron chi connectivity index (χ0n) is 9.66. The van der Waals surface area contributed by atoms with Gasteiger partial charge in [0.25, 0.3) is 10.2 Å². The Morgan fingerprint density at radius 3 is 2.82 bits per heavy atom. The highest BCUT2D eigenvalue weighted by Crippen LogP contribution is 2.11. The second-order valence-electron chi connectivity index (χ2n) is 3.81. The SMILES string of the molecule is CN(Cc1ncc[nH]1)S(=O)(=O)N1CCOCC1. The fourth-order valence-electron chi connectivity index (χ4n) is 1.65. The average molecular weight is 260 g/mol. The molecule has 2 heterocycles. The smallest absolute Gasteiger partial charge is 0.282 e. The van der Waals surface area contributed by atoms with E-state index in [2.05, 4.69) is 9.97 Å². The highest BCUT2D eigenvalue weighted by atomic mass is 32.2. The van der Waals surface area contributed by atoms with Crippen molar-refractivity contribution in [2.45, 2.75) is 6.54 Å². The summed E-state index contributed by atoms with van der Waals surface area (Å²) >= 11 is 0. The van der Waals surface area contributed by atoms with Crippen molar-refractivity contribution in [3.05, 3.63) is 18.2 Å². The molecule has 0 bridgehead atoms. The van der Waals surface area contributed by atoms with E-state index in [-0.39, 0.29) is 6.54 Å². The van der Waals surface area contributed by atoms with Gasteiger partial charge in [0.05, 0.1) is 19.8 Å². The first kappa shape index (κ1) is 12.5. The molecule has 1 aliphatic heterocycles. The van der Waals surface area contributed by atoms with E-state index in [1.54, 1.807) is 19.4 Å². The van der Waals surface area contributed by atoms with Crippen molar-refractivity contribution >= 4 is 10.2 Å². The van der Waals surface area contributed by atoms with Crippen LogP contribution >= 0.6 is 0 Å². The minimum Gasteiger partial charge on any atom is -0.379 e. The first-order valence-electron chi connectivity index (χ1n) is 5.38. The molecule has 0 amide bonds. The molecule has 1 aromatic heterocycles. The second-order valence-corrected chi connectivity index (χ2v) is 5.85. The Morgan fingerprint density at radius 1 is 1.53 bits per heavy atom. The average Bonchev–Trinajstić information content (AvgIpc) is 2.83. The van der Waals surface area contributed by atoms with Crippen LogP contribution < -0.4 is 0 Å². The second kappa shape index (κ2) is 5.13. The van der Waals surface area contributed by atoms with E-state index in [4.69, 9.17) is 4.74 Å². The molecule has 1 saturated heterocycles. The Labute approximate surface area is 101 Å². The summed E-state index contributed by atoms with van der Waals surface area (Å²) in [5.41, 5.74) is 0. The Kier molecular flexibility index (Phi) is 3.77. The number of rotatable bonds is 4. The molecule has 1 aromatic rings. The van der Waals surface area contributed by atoms with Crippen LogP contribution in [0.1, 0.15) is 5.82 Å². The highest BCUT2D eigenvalue weighted by molar-refractivity contribution is 7.86. The van der Waals surface area contributed by atoms with Crippen molar-refractivity contribution in [1.29, 1.82) is 0 Å². The minimum absolute atomic E-state index is 0.243. The van der Waals surface area contributed by atoms with Crippen LogP contribution in [0.4, 0.5) is 0 Å². The van der Waals surface area contributed by atoms with Crippen molar-refractivity contribution in [2.75, 3.05) is 33.4 Å². The van der Waals surface area contributed by atoms with Crippen molar-refractivity contribution in [2.24, 2.45) is 0 Å². The van der Waals surface area contributed by atoms with Crippen molar-refractivity contribution < 1.29 is 13.2 Å². The number of ether oxygens (including phenoxy) is 1. The van der Waals surface area contributed by atoms with Crippen LogP contribution in [-0.4, -0.2) is 60.3 Å². The fourth-order valence-corrected chi connectivity index (χ4v) is 2.94. The molecule has 0 aromatic carbocycles. The molecular weight excluding hydrogens is 244 g/mol. The van der Waals surface area contributed by atoms with E-state index in [1.165, 1.54) is 8.61 Å². The molecule has 7 nitrogen and oxygen atoms in total. The molecule has 8 heteroatoms. The van der Waals surface area contributed by atoms with Crippen molar-refractivity contribution in [3.8, 4) is 0 Å². The summed E-state index contributed by atoms with van der Waals surface area (Å²) in [6.07, 6.45) is 3.27. The normalized spacial score (nSPS) is 18.7. The predicted molar refractivity (Wildman–Crippen MR) is 61.4 cm³/mol. The van der Waals surface area contributed by atoms with Gasteiger partial charge in [-0.3, -0.25) is 0 Å². The van der Waals surface area contributed by atoms with Gasteiger partial charge in [-0.15, -0.1) is 0 Å². The van der Waals surface area contributed by atoms with Crippen LogP contribution in [-0.2, 0) is 21.5 Å². The number of morpholine rings is 1. The molecule has 0 unspecified atom stereocenters. The summed E-state index contributed by atoms with van der Waals surface area (Å²) < 4.78 is 32.2. The van der Waals surface area contributed by atoms with Gasteiger partial charge in [-0.25, -0.2) is 4.98 Å². The van der Waals surface area contributed by atoms with Crippen LogP contribution in [0.3, 0.4) is 0 Å². The number of aromatic nitrogens is 2. The van der Waals surface area contributed by atoms with Gasteiger partial charge >= 0.3 is 0 Å². The summed E-state index contributed by atoms with van der Waals surface area (Å²) in [6, 6.07) is 0. The number of hydrogen-bond acceptors (Lipinski definition) is 4. The Bertz CT molecular complexity index is 439. The van der Waals surface area contributed by atoms with Crippen LogP contribution in [0.25, 0.3) is 0 Å². The summed E-state index contributed by atoms with van der Waals surface area (Å²) in [5, 5.41) is 0. The minimum atomic E-state index is -3.41. The number of aromatic amines is 1. The lowest BCUT2D eigenvalue weighted by atomic mass is 10.5. The van der Waals surface area contributed by atoms with E-state index in [9.17, 15) is 8.42 Å². The van der Waals surface area contributed by atoms with E-state index in [0.717, 1.165) is 0 Å². The van der Waals surface area contributed by atoms with Crippen LogP contribution in [0.5, 0.6) is 0 Å². The first-order chi connectivity index (χ1) is 8.10. The van der Waals surface area contributed by atoms with Crippen molar-refractivity contribution in [3.63, 3.8) is 0 Å². The maximum atomic E-state index is 12.2. The maximum Gasteiger partial charge on any atom is 0.282 e. The number of imidazole rings is 1. The molecule has 17 heavy (non-hydrogen) atoms. The third kappa shape index (κ3) is 2.83. The fraction of sp³-hybridized carbons (Fsp3) is 0.667. The van der Waals surface area contributed by atoms with Gasteiger partial charge < -0.3 is 9.72 Å². The van der Waals surface area contributed by atoms with Crippen LogP contribution in [0.2, 0.25) is 0 Å². The molecule has 0 spiro atoms. The summed E-state index contributed by atoms with van der Waals surface area (Å²) in [4.78, 5) is 6.89. The third-order valence-electron chi connectivity index (χ3n) is 2.62. The zero-order chi connectivity index (χ0) is 12.3. The monoisotopic (exact) mass is 260 g/mol. The summed E-state index contributed by atoms with van der Waals surface area (Å²) in [7, 11) is -1.86. The quantitative estimate of drug-likeness (QED) is 0.785. The number of nitrogens with one attached hydrogen (secondary N) is 1. The highest BCUT2D eigenvalue weighted by Gasteiger charge is 2.28. The van der Waals surface area contributed by atoms with Gasteiger partial charge in [0.2, 0.25) is 0 Å². The van der Waals surface area contributed by atoms with Crippen molar-refractivity contribution in [1.82, 2.24) is 18.6 Å². The summed E-state index contributed by atoms with van der Waals surface area (Å²) in [6.45, 7) is 1.96. The largest absolute Gasteiger partial charge is 0.379 e. The maximum absolute atomic E-state index is 12.2. The molecule has 1 fully saturated rings. The van der Waals surface area contributed by atoms with Gasteiger partial charge in [0, 0.05) is 32.5 Å². The van der Waals surface area contributed by atoms with Crippen LogP contribution in [0, 0.1) is 0 Å². The molecule has 1 aliphatic rings. The van der Waals surface area contributed by atoms with E-state index >= 15 is 0 Å². The molecule has 0 atom stereocenters. The van der Waals surface area contributed by atoms with Gasteiger partial charge in [-0.2, -0.15) is 17.0 Å². The molecular formula is C9H16N4O3S. The number of nitrogens with zero attached hydrogens (tertiary/aromatic N) is 3. The van der Waals surface area contributed by atoms with Gasteiger partial charge in [0.1, 0.15) is 5.82 Å². The predicted octanol–water partition coefficient (Wildman–Crippen LogP) is -0.581. The van der Waals surface area contributed by atoms with E-state index in [1.807, 2.05) is 0 Å². The Hall–Kier alpha value is -0.960. The van der Waals surface area contributed by atoms with E-state index < -0.39 is 10.2 Å². The van der Waals surface area contributed by atoms with Crippen LogP contribution in [0.15, 0.2) is 12.4 Å². The molecule has 2 rings (SSSR count). The lowest BCUT2D eigenvalue weighted by Gasteiger charge is -2.29. The Morgan fingerprint density at radius 2 is 2.24 bits per heavy atom. The molecule has 0 saturated carbocycles. The molecule has 0 radical (unpaired) electrons. The summed E-state index contributed by atoms with van der Waals surface area (Å²) in [5.74, 6) is 0.629. The lowest BCUT2D eigenvalue weighted by molar-refractivity contribution is 0.0705. The van der Waals surface area contributed by atoms with Gasteiger partial charge in [-0.05, 0) is 0 Å². The van der Waals surface area contributed by atoms with Gasteiger partial charge in [-0.1, -0.05) is 0 Å². The lowest BCUT2D eigenvalue weighted by Crippen LogP contribution is -2.47.